The van der Waals surface area contributed by atoms with Gasteiger partial charge < -0.3 is 19.3 Å². The molecule has 0 saturated carbocycles. The van der Waals surface area contributed by atoms with Crippen molar-refractivity contribution in [1.29, 1.82) is 0 Å². The third-order valence-electron chi connectivity index (χ3n) is 5.00. The third kappa shape index (κ3) is 7.11. The molecule has 0 fully saturated rings. The minimum absolute atomic E-state index is 0.0373. The van der Waals surface area contributed by atoms with Crippen LogP contribution in [0.25, 0.3) is 6.08 Å². The van der Waals surface area contributed by atoms with Crippen LogP contribution in [0.5, 0.6) is 11.5 Å². The SMILES string of the molecule is COc1cc(/C=C/C(=O)O)ccc1OCOC(=O)C(C)(CC(C)(C)C)C(C)(C)C. The van der Waals surface area contributed by atoms with E-state index in [4.69, 9.17) is 19.3 Å². The van der Waals surface area contributed by atoms with Crippen LogP contribution in [-0.4, -0.2) is 30.9 Å². The van der Waals surface area contributed by atoms with Crippen molar-refractivity contribution in [3.05, 3.63) is 29.8 Å². The lowest BCUT2D eigenvalue weighted by Crippen LogP contribution is -2.44. The Balaban J connectivity index is 2.88. The van der Waals surface area contributed by atoms with Crippen LogP contribution in [-0.2, 0) is 14.3 Å². The van der Waals surface area contributed by atoms with E-state index in [-0.39, 0.29) is 23.6 Å². The summed E-state index contributed by atoms with van der Waals surface area (Å²) >= 11 is 0. The number of carboxylic acids is 1. The third-order valence-corrected chi connectivity index (χ3v) is 5.00. The van der Waals surface area contributed by atoms with E-state index in [1.165, 1.54) is 13.2 Å². The highest BCUT2D eigenvalue weighted by molar-refractivity contribution is 5.85. The van der Waals surface area contributed by atoms with E-state index in [1.807, 2.05) is 27.7 Å². The van der Waals surface area contributed by atoms with Crippen molar-refractivity contribution in [2.45, 2.75) is 54.9 Å². The second kappa shape index (κ2) is 9.33. The highest BCUT2D eigenvalue weighted by Crippen LogP contribution is 2.47. The number of benzene rings is 1. The average Bonchev–Trinajstić information content (AvgIpc) is 2.57. The number of rotatable bonds is 8. The molecule has 162 valence electrons. The van der Waals surface area contributed by atoms with E-state index < -0.39 is 11.4 Å². The number of hydrogen-bond donors (Lipinski definition) is 1. The molecule has 6 nitrogen and oxygen atoms in total. The fourth-order valence-corrected chi connectivity index (χ4v) is 3.08. The van der Waals surface area contributed by atoms with Crippen molar-refractivity contribution >= 4 is 18.0 Å². The Kier molecular flexibility index (Phi) is 7.90. The summed E-state index contributed by atoms with van der Waals surface area (Å²) in [6, 6.07) is 4.99. The number of carbonyl (C=O) groups excluding carboxylic acids is 1. The van der Waals surface area contributed by atoms with Crippen molar-refractivity contribution in [3.8, 4) is 11.5 Å². The van der Waals surface area contributed by atoms with Gasteiger partial charge >= 0.3 is 11.9 Å². The van der Waals surface area contributed by atoms with E-state index >= 15 is 0 Å². The first-order valence-corrected chi connectivity index (χ1v) is 9.59. The highest BCUT2D eigenvalue weighted by atomic mass is 16.7. The minimum Gasteiger partial charge on any atom is -0.493 e. The highest BCUT2D eigenvalue weighted by Gasteiger charge is 2.47. The number of hydrogen-bond acceptors (Lipinski definition) is 5. The summed E-state index contributed by atoms with van der Waals surface area (Å²) in [5.74, 6) is -0.517. The average molecular weight is 407 g/mol. The zero-order valence-corrected chi connectivity index (χ0v) is 18.8. The molecule has 0 amide bonds. The van der Waals surface area contributed by atoms with Crippen LogP contribution < -0.4 is 9.47 Å². The van der Waals surface area contributed by atoms with Gasteiger partial charge in [0, 0.05) is 6.08 Å². The summed E-state index contributed by atoms with van der Waals surface area (Å²) < 4.78 is 16.4. The van der Waals surface area contributed by atoms with E-state index in [0.29, 0.717) is 23.5 Å². The van der Waals surface area contributed by atoms with Gasteiger partial charge in [0.2, 0.25) is 6.79 Å². The molecule has 0 aromatic heterocycles. The van der Waals surface area contributed by atoms with Gasteiger partial charge in [-0.15, -0.1) is 0 Å². The Morgan fingerprint density at radius 3 is 2.14 bits per heavy atom. The number of aliphatic carboxylic acids is 1. The number of carboxylic acid groups (broad SMARTS) is 1. The topological polar surface area (TPSA) is 82.1 Å². The predicted octanol–water partition coefficient (Wildman–Crippen LogP) is 5.16. The Morgan fingerprint density at radius 1 is 1.03 bits per heavy atom. The molecule has 1 atom stereocenters. The standard InChI is InChI=1S/C23H34O6/c1-21(2,3)14-23(7,22(4,5)6)20(26)29-15-28-17-11-9-16(10-12-19(24)25)13-18(17)27-8/h9-13H,14-15H2,1-8H3,(H,24,25)/b12-10+. The predicted molar refractivity (Wildman–Crippen MR) is 113 cm³/mol. The lowest BCUT2D eigenvalue weighted by Gasteiger charge is -2.43. The molecule has 0 saturated heterocycles. The Labute approximate surface area is 173 Å². The van der Waals surface area contributed by atoms with E-state index in [1.54, 1.807) is 18.2 Å². The van der Waals surface area contributed by atoms with Gasteiger partial charge in [0.1, 0.15) is 0 Å². The molecule has 1 rings (SSSR count). The first-order valence-electron chi connectivity index (χ1n) is 9.59. The molecule has 0 aliphatic heterocycles. The van der Waals surface area contributed by atoms with Crippen LogP contribution >= 0.6 is 0 Å². The first kappa shape index (κ1) is 24.5. The number of esters is 1. The molecule has 0 spiro atoms. The molecule has 6 heteroatoms. The van der Waals surface area contributed by atoms with Crippen LogP contribution in [0.1, 0.15) is 60.5 Å². The monoisotopic (exact) mass is 406 g/mol. The van der Waals surface area contributed by atoms with Crippen molar-refractivity contribution < 1.29 is 28.9 Å². The maximum Gasteiger partial charge on any atom is 0.328 e. The molecule has 0 aliphatic carbocycles. The van der Waals surface area contributed by atoms with Gasteiger partial charge in [-0.2, -0.15) is 0 Å². The molecule has 29 heavy (non-hydrogen) atoms. The van der Waals surface area contributed by atoms with E-state index in [9.17, 15) is 9.59 Å². The molecule has 0 radical (unpaired) electrons. The fourth-order valence-electron chi connectivity index (χ4n) is 3.08. The van der Waals surface area contributed by atoms with Gasteiger partial charge in [-0.05, 0) is 47.9 Å². The Hall–Kier alpha value is -2.50. The van der Waals surface area contributed by atoms with Crippen molar-refractivity contribution in [3.63, 3.8) is 0 Å². The fraction of sp³-hybridized carbons (Fsp3) is 0.565. The van der Waals surface area contributed by atoms with Gasteiger partial charge in [0.15, 0.2) is 11.5 Å². The quantitative estimate of drug-likeness (QED) is 0.365. The molecule has 1 unspecified atom stereocenters. The summed E-state index contributed by atoms with van der Waals surface area (Å²) in [6.45, 7) is 14.1. The largest absolute Gasteiger partial charge is 0.493 e. The normalized spacial score (nSPS) is 14.3. The summed E-state index contributed by atoms with van der Waals surface area (Å²) in [4.78, 5) is 23.6. The number of methoxy groups -OCH3 is 1. The maximum absolute atomic E-state index is 12.9. The molecule has 0 bridgehead atoms. The zero-order chi connectivity index (χ0) is 22.5. The molecule has 1 aromatic rings. The summed E-state index contributed by atoms with van der Waals surface area (Å²) in [7, 11) is 1.49. The van der Waals surface area contributed by atoms with Crippen molar-refractivity contribution in [2.24, 2.45) is 16.2 Å². The van der Waals surface area contributed by atoms with Gasteiger partial charge in [-0.1, -0.05) is 47.6 Å². The molecule has 0 heterocycles. The number of carbonyl (C=O) groups is 2. The van der Waals surface area contributed by atoms with Crippen molar-refractivity contribution in [1.82, 2.24) is 0 Å². The molecular weight excluding hydrogens is 372 g/mol. The van der Waals surface area contributed by atoms with Gasteiger partial charge in [-0.25, -0.2) is 4.79 Å². The second-order valence-electron chi connectivity index (χ2n) is 9.60. The smallest absolute Gasteiger partial charge is 0.328 e. The second-order valence-corrected chi connectivity index (χ2v) is 9.60. The molecule has 0 aliphatic rings. The van der Waals surface area contributed by atoms with Crippen LogP contribution in [0, 0.1) is 16.2 Å². The van der Waals surface area contributed by atoms with Gasteiger partial charge in [0.05, 0.1) is 12.5 Å². The molecule has 1 N–H and O–H groups in total. The Morgan fingerprint density at radius 2 is 1.66 bits per heavy atom. The summed E-state index contributed by atoms with van der Waals surface area (Å²) in [5.41, 5.74) is -0.346. The molecular formula is C23H34O6. The van der Waals surface area contributed by atoms with Crippen molar-refractivity contribution in [2.75, 3.05) is 13.9 Å². The van der Waals surface area contributed by atoms with Gasteiger partial charge in [-0.3, -0.25) is 4.79 Å². The summed E-state index contributed by atoms with van der Waals surface area (Å²) in [6.07, 6.45) is 3.17. The van der Waals surface area contributed by atoms with Crippen LogP contribution in [0.15, 0.2) is 24.3 Å². The maximum atomic E-state index is 12.9. The van der Waals surface area contributed by atoms with E-state index in [2.05, 4.69) is 20.8 Å². The van der Waals surface area contributed by atoms with E-state index in [0.717, 1.165) is 6.08 Å². The van der Waals surface area contributed by atoms with Crippen LogP contribution in [0.2, 0.25) is 0 Å². The van der Waals surface area contributed by atoms with Crippen LogP contribution in [0.4, 0.5) is 0 Å². The number of ether oxygens (including phenoxy) is 3. The van der Waals surface area contributed by atoms with Gasteiger partial charge in [0.25, 0.3) is 0 Å². The zero-order valence-electron chi connectivity index (χ0n) is 18.8. The first-order chi connectivity index (χ1) is 13.2. The van der Waals surface area contributed by atoms with Crippen LogP contribution in [0.3, 0.4) is 0 Å². The lowest BCUT2D eigenvalue weighted by atomic mass is 9.61. The summed E-state index contributed by atoms with van der Waals surface area (Å²) in [5, 5.41) is 8.73. The Bertz CT molecular complexity index is 752. The lowest BCUT2D eigenvalue weighted by molar-refractivity contribution is -0.171. The minimum atomic E-state index is -1.03. The molecule has 1 aromatic carbocycles.